The first-order chi connectivity index (χ1) is 8.58. The first kappa shape index (κ1) is 12.7. The number of urea groups is 1. The molecule has 7 nitrogen and oxygen atoms in total. The Labute approximate surface area is 104 Å². The van der Waals surface area contributed by atoms with Gasteiger partial charge in [-0.3, -0.25) is 20.2 Å². The molecular formula is C11H16N3O4+. The number of ether oxygens (including phenoxy) is 1. The summed E-state index contributed by atoms with van der Waals surface area (Å²) in [5.41, 5.74) is 0.396. The van der Waals surface area contributed by atoms with Crippen LogP contribution in [0.3, 0.4) is 0 Å². The summed E-state index contributed by atoms with van der Waals surface area (Å²) in [6.45, 7) is 5.10. The SMILES string of the molecule is C=C([NH2+]C[C@H]1CCCO1)C1C(=O)NC(=O)NC1=O. The average Bonchev–Trinajstić information content (AvgIpc) is 2.77. The predicted molar refractivity (Wildman–Crippen MR) is 60.1 cm³/mol. The molecule has 2 fully saturated rings. The molecule has 2 aliphatic rings. The zero-order chi connectivity index (χ0) is 13.1. The Kier molecular flexibility index (Phi) is 3.73. The highest BCUT2D eigenvalue weighted by Gasteiger charge is 2.38. The minimum atomic E-state index is -1.02. The van der Waals surface area contributed by atoms with Crippen molar-refractivity contribution >= 4 is 17.8 Å². The molecule has 0 unspecified atom stereocenters. The lowest BCUT2D eigenvalue weighted by molar-refractivity contribution is -0.616. The van der Waals surface area contributed by atoms with Gasteiger partial charge in [-0.25, -0.2) is 4.79 Å². The van der Waals surface area contributed by atoms with Crippen LogP contribution in [-0.2, 0) is 14.3 Å². The molecule has 0 bridgehead atoms. The van der Waals surface area contributed by atoms with Crippen LogP contribution in [0.2, 0.25) is 0 Å². The van der Waals surface area contributed by atoms with Crippen LogP contribution in [0.25, 0.3) is 0 Å². The lowest BCUT2D eigenvalue weighted by atomic mass is 10.0. The Morgan fingerprint density at radius 1 is 1.33 bits per heavy atom. The quantitative estimate of drug-likeness (QED) is 0.516. The second-order valence-electron chi connectivity index (χ2n) is 4.39. The molecule has 2 saturated heterocycles. The molecule has 0 radical (unpaired) electrons. The van der Waals surface area contributed by atoms with Gasteiger partial charge in [-0.1, -0.05) is 0 Å². The van der Waals surface area contributed by atoms with Gasteiger partial charge in [-0.2, -0.15) is 0 Å². The van der Waals surface area contributed by atoms with E-state index in [1.54, 1.807) is 5.32 Å². The smallest absolute Gasteiger partial charge is 0.328 e. The van der Waals surface area contributed by atoms with Gasteiger partial charge in [0.25, 0.3) is 11.8 Å². The Morgan fingerprint density at radius 3 is 2.56 bits per heavy atom. The van der Waals surface area contributed by atoms with Gasteiger partial charge in [0.1, 0.15) is 18.3 Å². The highest BCUT2D eigenvalue weighted by Crippen LogP contribution is 2.10. The van der Waals surface area contributed by atoms with Crippen LogP contribution in [0.5, 0.6) is 0 Å². The second kappa shape index (κ2) is 5.28. The van der Waals surface area contributed by atoms with Crippen LogP contribution >= 0.6 is 0 Å². The van der Waals surface area contributed by atoms with Crippen molar-refractivity contribution in [2.45, 2.75) is 18.9 Å². The number of hydrogen-bond acceptors (Lipinski definition) is 4. The van der Waals surface area contributed by atoms with E-state index in [1.165, 1.54) is 0 Å². The third kappa shape index (κ3) is 2.74. The number of carbonyl (C=O) groups is 3. The summed E-state index contributed by atoms with van der Waals surface area (Å²) < 4.78 is 5.43. The van der Waals surface area contributed by atoms with E-state index < -0.39 is 23.8 Å². The zero-order valence-corrected chi connectivity index (χ0v) is 9.90. The van der Waals surface area contributed by atoms with Crippen molar-refractivity contribution in [3.05, 3.63) is 12.3 Å². The summed E-state index contributed by atoms with van der Waals surface area (Å²) in [5.74, 6) is -2.28. The largest absolute Gasteiger partial charge is 0.372 e. The average molecular weight is 254 g/mol. The number of rotatable bonds is 4. The van der Waals surface area contributed by atoms with Crippen LogP contribution in [0.1, 0.15) is 12.8 Å². The van der Waals surface area contributed by atoms with Crippen molar-refractivity contribution in [2.24, 2.45) is 5.92 Å². The molecule has 0 aromatic carbocycles. The minimum absolute atomic E-state index is 0.137. The van der Waals surface area contributed by atoms with Gasteiger partial charge in [0.15, 0.2) is 5.92 Å². The first-order valence-electron chi connectivity index (χ1n) is 5.87. The lowest BCUT2D eigenvalue weighted by Gasteiger charge is -2.21. The van der Waals surface area contributed by atoms with Crippen molar-refractivity contribution in [1.29, 1.82) is 0 Å². The molecule has 2 heterocycles. The summed E-state index contributed by atoms with van der Waals surface area (Å²) in [7, 11) is 0. The minimum Gasteiger partial charge on any atom is -0.372 e. The van der Waals surface area contributed by atoms with Gasteiger partial charge in [0.2, 0.25) is 0 Å². The van der Waals surface area contributed by atoms with Gasteiger partial charge < -0.3 is 10.1 Å². The van der Waals surface area contributed by atoms with E-state index in [4.69, 9.17) is 4.74 Å². The molecule has 0 aromatic heterocycles. The molecule has 4 N–H and O–H groups in total. The summed E-state index contributed by atoms with van der Waals surface area (Å²) >= 11 is 0. The van der Waals surface area contributed by atoms with Crippen molar-refractivity contribution in [3.8, 4) is 0 Å². The number of imide groups is 2. The molecule has 0 aliphatic carbocycles. The zero-order valence-electron chi connectivity index (χ0n) is 9.90. The lowest BCUT2D eigenvalue weighted by Crippen LogP contribution is -2.86. The van der Waals surface area contributed by atoms with Gasteiger partial charge in [-0.15, -0.1) is 0 Å². The third-order valence-corrected chi connectivity index (χ3v) is 3.04. The van der Waals surface area contributed by atoms with E-state index in [0.717, 1.165) is 19.4 Å². The molecule has 0 saturated carbocycles. The van der Waals surface area contributed by atoms with E-state index in [1.807, 2.05) is 10.6 Å². The van der Waals surface area contributed by atoms with E-state index in [2.05, 4.69) is 6.58 Å². The predicted octanol–water partition coefficient (Wildman–Crippen LogP) is -1.78. The number of nitrogens with two attached hydrogens (primary N) is 1. The fourth-order valence-electron chi connectivity index (χ4n) is 2.09. The van der Waals surface area contributed by atoms with Crippen LogP contribution in [-0.4, -0.2) is 37.1 Å². The van der Waals surface area contributed by atoms with Crippen LogP contribution in [0.15, 0.2) is 12.3 Å². The number of hydrogen-bond donors (Lipinski definition) is 3. The van der Waals surface area contributed by atoms with Gasteiger partial charge >= 0.3 is 6.03 Å². The van der Waals surface area contributed by atoms with E-state index >= 15 is 0 Å². The van der Waals surface area contributed by atoms with Gasteiger partial charge in [0, 0.05) is 6.61 Å². The van der Waals surface area contributed by atoms with Crippen LogP contribution in [0.4, 0.5) is 4.79 Å². The molecule has 18 heavy (non-hydrogen) atoms. The topological polar surface area (TPSA) is 101 Å². The maximum absolute atomic E-state index is 11.5. The van der Waals surface area contributed by atoms with Crippen LogP contribution < -0.4 is 16.0 Å². The summed E-state index contributed by atoms with van der Waals surface area (Å²) in [5, 5.41) is 5.83. The first-order valence-corrected chi connectivity index (χ1v) is 5.87. The maximum Gasteiger partial charge on any atom is 0.328 e. The Hall–Kier alpha value is -1.73. The van der Waals surface area contributed by atoms with E-state index in [0.29, 0.717) is 12.2 Å². The molecular weight excluding hydrogens is 238 g/mol. The standard InChI is InChI=1S/C11H15N3O4/c1-6(12-5-7-3-2-4-18-7)8-9(15)13-11(17)14-10(8)16/h7-8,12H,1-5H2,(H2,13,14,15,16,17)/p+1/t7-/m1/s1. The molecule has 0 aromatic rings. The highest BCUT2D eigenvalue weighted by molar-refractivity contribution is 6.17. The van der Waals surface area contributed by atoms with Crippen molar-refractivity contribution in [1.82, 2.24) is 10.6 Å². The number of barbiturate groups is 1. The Morgan fingerprint density at radius 2 is 2.00 bits per heavy atom. The number of nitrogens with one attached hydrogen (secondary N) is 2. The van der Waals surface area contributed by atoms with E-state index in [-0.39, 0.29) is 6.10 Å². The summed E-state index contributed by atoms with van der Waals surface area (Å²) in [6.07, 6.45) is 2.15. The molecule has 1 atom stereocenters. The number of amides is 4. The second-order valence-corrected chi connectivity index (χ2v) is 4.39. The van der Waals surface area contributed by atoms with E-state index in [9.17, 15) is 14.4 Å². The number of quaternary nitrogens is 1. The van der Waals surface area contributed by atoms with Gasteiger partial charge in [-0.05, 0) is 19.4 Å². The number of carbonyl (C=O) groups excluding carboxylic acids is 3. The fraction of sp³-hybridized carbons (Fsp3) is 0.545. The van der Waals surface area contributed by atoms with Crippen molar-refractivity contribution < 1.29 is 24.4 Å². The summed E-state index contributed by atoms with van der Waals surface area (Å²) in [4.78, 5) is 34.0. The van der Waals surface area contributed by atoms with Crippen molar-refractivity contribution in [3.63, 3.8) is 0 Å². The fourth-order valence-corrected chi connectivity index (χ4v) is 2.09. The molecule has 0 spiro atoms. The molecule has 7 heteroatoms. The molecule has 98 valence electrons. The monoisotopic (exact) mass is 254 g/mol. The van der Waals surface area contributed by atoms with Crippen LogP contribution in [0, 0.1) is 5.92 Å². The Bertz CT molecular complexity index is 381. The molecule has 2 rings (SSSR count). The normalized spacial score (nSPS) is 24.9. The Balaban J connectivity index is 1.89. The summed E-state index contributed by atoms with van der Waals surface area (Å²) in [6, 6.07) is -0.784. The highest BCUT2D eigenvalue weighted by atomic mass is 16.5. The molecule has 4 amide bonds. The third-order valence-electron chi connectivity index (χ3n) is 3.04. The van der Waals surface area contributed by atoms with Gasteiger partial charge in [0.05, 0.1) is 0 Å². The maximum atomic E-state index is 11.5. The molecule has 2 aliphatic heterocycles. The van der Waals surface area contributed by atoms with Crippen molar-refractivity contribution in [2.75, 3.05) is 13.2 Å².